The third-order valence-corrected chi connectivity index (χ3v) is 3.08. The molecule has 0 unspecified atom stereocenters. The topological polar surface area (TPSA) is 92.4 Å². The highest BCUT2D eigenvalue weighted by atomic mass is 16.4. The van der Waals surface area contributed by atoms with Crippen molar-refractivity contribution in [3.05, 3.63) is 35.9 Å². The van der Waals surface area contributed by atoms with Crippen LogP contribution in [-0.2, 0) is 9.59 Å². The number of carboxylic acids is 1. The smallest absolute Gasteiger partial charge is 0.305 e. The molecule has 0 bridgehead atoms. The van der Waals surface area contributed by atoms with Crippen molar-refractivity contribution in [1.29, 1.82) is 0 Å². The van der Waals surface area contributed by atoms with E-state index in [2.05, 4.69) is 5.32 Å². The van der Waals surface area contributed by atoms with E-state index in [1.54, 1.807) is 0 Å². The van der Waals surface area contributed by atoms with E-state index in [0.29, 0.717) is 5.92 Å². The van der Waals surface area contributed by atoms with Crippen molar-refractivity contribution >= 4 is 11.9 Å². The molecule has 5 heteroatoms. The number of hydrogen-bond donors (Lipinski definition) is 3. The van der Waals surface area contributed by atoms with Crippen LogP contribution in [0, 0.1) is 0 Å². The first-order chi connectivity index (χ1) is 8.58. The number of carbonyl (C=O) groups is 2. The first kappa shape index (κ1) is 12.6. The fourth-order valence-electron chi connectivity index (χ4n) is 1.99. The molecule has 1 fully saturated rings. The Morgan fingerprint density at radius 3 is 2.67 bits per heavy atom. The van der Waals surface area contributed by atoms with Gasteiger partial charge in [-0.25, -0.2) is 0 Å². The van der Waals surface area contributed by atoms with Crippen LogP contribution >= 0.6 is 0 Å². The van der Waals surface area contributed by atoms with Crippen LogP contribution < -0.4 is 11.1 Å². The van der Waals surface area contributed by atoms with Crippen LogP contribution in [0.25, 0.3) is 0 Å². The maximum absolute atomic E-state index is 11.6. The molecule has 0 aliphatic heterocycles. The van der Waals surface area contributed by atoms with Gasteiger partial charge >= 0.3 is 5.97 Å². The van der Waals surface area contributed by atoms with Crippen LogP contribution in [0.15, 0.2) is 30.3 Å². The highest BCUT2D eigenvalue weighted by Crippen LogP contribution is 2.40. The van der Waals surface area contributed by atoms with E-state index in [4.69, 9.17) is 10.8 Å². The summed E-state index contributed by atoms with van der Waals surface area (Å²) in [5.74, 6) is -1.12. The fourth-order valence-corrected chi connectivity index (χ4v) is 1.99. The maximum atomic E-state index is 11.6. The van der Waals surface area contributed by atoms with Crippen molar-refractivity contribution in [2.45, 2.75) is 30.8 Å². The normalized spacial score (nSPS) is 23.2. The summed E-state index contributed by atoms with van der Waals surface area (Å²) in [6.45, 7) is 0. The van der Waals surface area contributed by atoms with E-state index in [1.807, 2.05) is 30.3 Å². The number of aliphatic carboxylic acids is 1. The molecule has 0 heterocycles. The molecule has 18 heavy (non-hydrogen) atoms. The molecular formula is C13H16N2O3. The van der Waals surface area contributed by atoms with Gasteiger partial charge in [-0.05, 0) is 12.0 Å². The number of amides is 1. The molecule has 0 saturated heterocycles. The number of carboxylic acid groups (broad SMARTS) is 1. The number of nitrogens with two attached hydrogens (primary N) is 1. The second kappa shape index (κ2) is 5.18. The predicted molar refractivity (Wildman–Crippen MR) is 66.0 cm³/mol. The predicted octanol–water partition coefficient (Wildman–Crippen LogP) is 0.461. The van der Waals surface area contributed by atoms with Crippen LogP contribution in [0.2, 0.25) is 0 Å². The Hall–Kier alpha value is -1.88. The lowest BCUT2D eigenvalue weighted by molar-refractivity contribution is -0.139. The average Bonchev–Trinajstić information content (AvgIpc) is 3.08. The maximum Gasteiger partial charge on any atom is 0.305 e. The second-order valence-electron chi connectivity index (χ2n) is 4.57. The van der Waals surface area contributed by atoms with Crippen LogP contribution in [0.1, 0.15) is 24.3 Å². The summed E-state index contributed by atoms with van der Waals surface area (Å²) in [5.41, 5.74) is 6.67. The Morgan fingerprint density at radius 1 is 1.39 bits per heavy atom. The second-order valence-corrected chi connectivity index (χ2v) is 4.57. The molecule has 1 aromatic carbocycles. The average molecular weight is 248 g/mol. The molecule has 1 aromatic rings. The van der Waals surface area contributed by atoms with Crippen LogP contribution in [-0.4, -0.2) is 29.1 Å². The van der Waals surface area contributed by atoms with E-state index in [9.17, 15) is 9.59 Å². The van der Waals surface area contributed by atoms with Gasteiger partial charge < -0.3 is 16.2 Å². The summed E-state index contributed by atoms with van der Waals surface area (Å²) < 4.78 is 0. The van der Waals surface area contributed by atoms with Gasteiger partial charge in [0.15, 0.2) is 0 Å². The van der Waals surface area contributed by atoms with Crippen molar-refractivity contribution in [3.63, 3.8) is 0 Å². The number of hydrogen-bond acceptors (Lipinski definition) is 3. The zero-order valence-corrected chi connectivity index (χ0v) is 9.87. The summed E-state index contributed by atoms with van der Waals surface area (Å²) in [7, 11) is 0. The van der Waals surface area contributed by atoms with Gasteiger partial charge in [-0.1, -0.05) is 30.3 Å². The van der Waals surface area contributed by atoms with Gasteiger partial charge in [-0.2, -0.15) is 0 Å². The van der Waals surface area contributed by atoms with Gasteiger partial charge in [0.1, 0.15) is 0 Å². The minimum Gasteiger partial charge on any atom is -0.481 e. The summed E-state index contributed by atoms with van der Waals surface area (Å²) >= 11 is 0. The fraction of sp³-hybridized carbons (Fsp3) is 0.385. The van der Waals surface area contributed by atoms with Crippen LogP contribution in [0.3, 0.4) is 0 Å². The molecule has 0 spiro atoms. The molecule has 1 saturated carbocycles. The standard InChI is InChI=1S/C13H16N2O3/c14-10(7-12(16)17)13(18)15-11-6-9(11)8-4-2-1-3-5-8/h1-5,9-11H,6-7,14H2,(H,15,18)(H,16,17)/t9-,10-,11+/m1/s1. The molecule has 96 valence electrons. The molecule has 3 atom stereocenters. The van der Waals surface area contributed by atoms with Crippen molar-refractivity contribution in [2.24, 2.45) is 5.73 Å². The van der Waals surface area contributed by atoms with E-state index in [-0.39, 0.29) is 18.4 Å². The first-order valence-corrected chi connectivity index (χ1v) is 5.90. The number of rotatable bonds is 5. The van der Waals surface area contributed by atoms with Crippen molar-refractivity contribution in [1.82, 2.24) is 5.32 Å². The zero-order chi connectivity index (χ0) is 13.1. The van der Waals surface area contributed by atoms with E-state index >= 15 is 0 Å². The van der Waals surface area contributed by atoms with Crippen molar-refractivity contribution in [2.75, 3.05) is 0 Å². The van der Waals surface area contributed by atoms with Gasteiger partial charge in [0, 0.05) is 12.0 Å². The summed E-state index contributed by atoms with van der Waals surface area (Å²) in [6, 6.07) is 9.02. The highest BCUT2D eigenvalue weighted by Gasteiger charge is 2.40. The largest absolute Gasteiger partial charge is 0.481 e. The molecule has 1 amide bonds. The molecule has 1 aliphatic carbocycles. The quantitative estimate of drug-likeness (QED) is 0.706. The first-order valence-electron chi connectivity index (χ1n) is 5.90. The Morgan fingerprint density at radius 2 is 2.06 bits per heavy atom. The van der Waals surface area contributed by atoms with E-state index in [1.165, 1.54) is 5.56 Å². The third kappa shape index (κ3) is 3.07. The minimum absolute atomic E-state index is 0.0831. The van der Waals surface area contributed by atoms with E-state index < -0.39 is 12.0 Å². The molecule has 1 aliphatic rings. The number of carbonyl (C=O) groups excluding carboxylic acids is 1. The lowest BCUT2D eigenvalue weighted by atomic mass is 10.1. The number of benzene rings is 1. The Kier molecular flexibility index (Phi) is 3.62. The van der Waals surface area contributed by atoms with Gasteiger partial charge in [-0.15, -0.1) is 0 Å². The van der Waals surface area contributed by atoms with Gasteiger partial charge in [0.05, 0.1) is 12.5 Å². The van der Waals surface area contributed by atoms with Crippen molar-refractivity contribution in [3.8, 4) is 0 Å². The van der Waals surface area contributed by atoms with Crippen LogP contribution in [0.4, 0.5) is 0 Å². The Labute approximate surface area is 105 Å². The third-order valence-electron chi connectivity index (χ3n) is 3.08. The number of nitrogens with one attached hydrogen (secondary N) is 1. The molecular weight excluding hydrogens is 232 g/mol. The monoisotopic (exact) mass is 248 g/mol. The summed E-state index contributed by atoms with van der Waals surface area (Å²) in [6.07, 6.45) is 0.546. The molecule has 0 radical (unpaired) electrons. The van der Waals surface area contributed by atoms with Gasteiger partial charge in [-0.3, -0.25) is 9.59 Å². The Balaban J connectivity index is 1.83. The van der Waals surface area contributed by atoms with Crippen molar-refractivity contribution < 1.29 is 14.7 Å². The van der Waals surface area contributed by atoms with Gasteiger partial charge in [0.25, 0.3) is 0 Å². The van der Waals surface area contributed by atoms with Crippen LogP contribution in [0.5, 0.6) is 0 Å². The minimum atomic E-state index is -1.06. The molecule has 0 aromatic heterocycles. The Bertz CT molecular complexity index is 447. The summed E-state index contributed by atoms with van der Waals surface area (Å²) in [4.78, 5) is 22.0. The van der Waals surface area contributed by atoms with Gasteiger partial charge in [0.2, 0.25) is 5.91 Å². The zero-order valence-electron chi connectivity index (χ0n) is 9.87. The lowest BCUT2D eigenvalue weighted by Gasteiger charge is -2.09. The molecule has 4 N–H and O–H groups in total. The SMILES string of the molecule is N[C@H](CC(=O)O)C(=O)N[C@H]1C[C@@H]1c1ccccc1. The molecule has 2 rings (SSSR count). The lowest BCUT2D eigenvalue weighted by Crippen LogP contribution is -2.43. The summed E-state index contributed by atoms with van der Waals surface area (Å²) in [5, 5.41) is 11.3. The molecule has 5 nitrogen and oxygen atoms in total. The highest BCUT2D eigenvalue weighted by molar-refractivity contribution is 5.86. The van der Waals surface area contributed by atoms with E-state index in [0.717, 1.165) is 6.42 Å².